The summed E-state index contributed by atoms with van der Waals surface area (Å²) in [6.45, 7) is 0. The number of nitrogens with zero attached hydrogens (tertiary/aromatic N) is 1. The van der Waals surface area contributed by atoms with E-state index in [1.807, 2.05) is 24.4 Å². The molecule has 0 atom stereocenters. The van der Waals surface area contributed by atoms with Crippen LogP contribution in [0.4, 0.5) is 0 Å². The Balaban J connectivity index is 0.000000153. The molecule has 0 bridgehead atoms. The van der Waals surface area contributed by atoms with E-state index in [4.69, 9.17) is 9.47 Å². The number of rotatable bonds is 9. The van der Waals surface area contributed by atoms with E-state index < -0.39 is 0 Å². The summed E-state index contributed by atoms with van der Waals surface area (Å²) in [7, 11) is 2.90. The van der Waals surface area contributed by atoms with Gasteiger partial charge in [0.05, 0.1) is 30.9 Å². The van der Waals surface area contributed by atoms with Crippen molar-refractivity contribution in [2.75, 3.05) is 14.2 Å². The predicted molar refractivity (Wildman–Crippen MR) is 207 cm³/mol. The Morgan fingerprint density at radius 3 is 1.79 bits per heavy atom. The zero-order chi connectivity index (χ0) is 35.6. The Labute approximate surface area is 304 Å². The van der Waals surface area contributed by atoms with Gasteiger partial charge in [-0.2, -0.15) is 0 Å². The van der Waals surface area contributed by atoms with Crippen molar-refractivity contribution >= 4 is 33.7 Å². The van der Waals surface area contributed by atoms with Crippen molar-refractivity contribution in [2.24, 2.45) is 0 Å². The molecule has 5 aromatic carbocycles. The normalized spacial score (nSPS) is 13.8. The van der Waals surface area contributed by atoms with Crippen LogP contribution >= 0.6 is 0 Å². The molecule has 52 heavy (non-hydrogen) atoms. The lowest BCUT2D eigenvalue weighted by molar-refractivity contribution is 0.0590. The van der Waals surface area contributed by atoms with Crippen LogP contribution in [-0.4, -0.2) is 35.7 Å². The number of esters is 2. The number of H-pyrrole nitrogens is 1. The molecule has 2 fully saturated rings. The number of aromatic nitrogens is 2. The van der Waals surface area contributed by atoms with Gasteiger partial charge >= 0.3 is 11.9 Å². The van der Waals surface area contributed by atoms with Gasteiger partial charge in [0.25, 0.3) is 0 Å². The van der Waals surface area contributed by atoms with Crippen molar-refractivity contribution in [3.63, 3.8) is 0 Å². The lowest BCUT2D eigenvalue weighted by atomic mass is 9.96. The number of ether oxygens (including phenoxy) is 2. The molecule has 2 heterocycles. The average Bonchev–Trinajstić information content (AvgIpc) is 4.13. The van der Waals surface area contributed by atoms with E-state index in [-0.39, 0.29) is 11.9 Å². The van der Waals surface area contributed by atoms with Crippen LogP contribution < -0.4 is 0 Å². The fourth-order valence-electron chi connectivity index (χ4n) is 7.21. The minimum atomic E-state index is -0.251. The second kappa shape index (κ2) is 14.4. The van der Waals surface area contributed by atoms with E-state index in [9.17, 15) is 9.59 Å². The summed E-state index contributed by atoms with van der Waals surface area (Å²) in [5.41, 5.74) is 11.8. The summed E-state index contributed by atoms with van der Waals surface area (Å²) in [5, 5.41) is 2.39. The highest BCUT2D eigenvalue weighted by Gasteiger charge is 2.26. The van der Waals surface area contributed by atoms with Gasteiger partial charge in [-0.05, 0) is 150 Å². The molecule has 2 aromatic heterocycles. The minimum absolute atomic E-state index is 0.245. The summed E-state index contributed by atoms with van der Waals surface area (Å²) < 4.78 is 12.2. The number of para-hydroxylation sites is 1. The van der Waals surface area contributed by atoms with Crippen LogP contribution in [0.1, 0.15) is 91.6 Å². The summed E-state index contributed by atoms with van der Waals surface area (Å²) >= 11 is 0. The van der Waals surface area contributed by atoms with E-state index in [1.54, 1.807) is 0 Å². The zero-order valence-electron chi connectivity index (χ0n) is 29.6. The number of aromatic amines is 1. The molecule has 0 aliphatic heterocycles. The molecule has 0 unspecified atom stereocenters. The van der Waals surface area contributed by atoms with E-state index in [0.29, 0.717) is 29.4 Å². The molecule has 0 saturated heterocycles. The Morgan fingerprint density at radius 2 is 1.21 bits per heavy atom. The lowest BCUT2D eigenvalue weighted by Gasteiger charge is -2.11. The summed E-state index contributed by atoms with van der Waals surface area (Å²) in [4.78, 5) is 27.7. The van der Waals surface area contributed by atoms with Gasteiger partial charge in [0.2, 0.25) is 0 Å². The number of benzene rings is 5. The van der Waals surface area contributed by atoms with Crippen LogP contribution in [0.25, 0.3) is 27.5 Å². The molecule has 7 aromatic rings. The SMILES string of the molecule is COC(=O)c1cc(C2CC2)ccc1Cc1ccc2[nH]ccc2c1.COC(=O)c1cc(C2CC2)ccc1Cc1ccc2c(ccn2-c2ccccc2)c1. The first kappa shape index (κ1) is 33.3. The van der Waals surface area contributed by atoms with E-state index in [1.165, 1.54) is 78.4 Å². The van der Waals surface area contributed by atoms with Crippen LogP contribution in [0, 0.1) is 0 Å². The number of nitrogens with one attached hydrogen (secondary N) is 1. The largest absolute Gasteiger partial charge is 0.465 e. The van der Waals surface area contributed by atoms with Gasteiger partial charge in [-0.1, -0.05) is 54.6 Å². The van der Waals surface area contributed by atoms with Crippen LogP contribution in [0.15, 0.2) is 128 Å². The van der Waals surface area contributed by atoms with Crippen molar-refractivity contribution < 1.29 is 19.1 Å². The standard InChI is InChI=1S/C26H23NO2.C20H19NO2/c1-29-26(28)24-17-20(19-8-9-19)10-11-21(24)15-18-7-12-25-22(16-18)13-14-27(25)23-5-3-2-4-6-23;1-23-20(22)18-12-15(14-3-4-14)5-6-16(18)10-13-2-7-19-17(11-13)8-9-21-19/h2-7,10-14,16-17,19H,8-9,15H2,1H3;2,5-9,11-12,14,21H,3-4,10H2,1H3. The molecule has 260 valence electrons. The summed E-state index contributed by atoms with van der Waals surface area (Å²) in [6.07, 6.45) is 10.4. The maximum atomic E-state index is 12.4. The van der Waals surface area contributed by atoms with Gasteiger partial charge < -0.3 is 19.0 Å². The van der Waals surface area contributed by atoms with Crippen molar-refractivity contribution in [1.29, 1.82) is 0 Å². The molecule has 2 aliphatic rings. The molecular weight excluding hydrogens is 645 g/mol. The van der Waals surface area contributed by atoms with Crippen LogP contribution in [0.2, 0.25) is 0 Å². The molecule has 0 spiro atoms. The fraction of sp³-hybridized carbons (Fsp3) is 0.217. The molecular formula is C46H42N2O4. The Hall–Kier alpha value is -5.88. The van der Waals surface area contributed by atoms with Gasteiger partial charge in [0.15, 0.2) is 0 Å². The smallest absolute Gasteiger partial charge is 0.338 e. The van der Waals surface area contributed by atoms with Gasteiger partial charge in [-0.25, -0.2) is 9.59 Å². The second-order valence-corrected chi connectivity index (χ2v) is 14.0. The first-order valence-corrected chi connectivity index (χ1v) is 18.1. The third-order valence-electron chi connectivity index (χ3n) is 10.4. The maximum absolute atomic E-state index is 12.4. The fourth-order valence-corrected chi connectivity index (χ4v) is 7.21. The van der Waals surface area contributed by atoms with Crippen LogP contribution in [-0.2, 0) is 22.3 Å². The van der Waals surface area contributed by atoms with Crippen LogP contribution in [0.3, 0.4) is 0 Å². The summed E-state index contributed by atoms with van der Waals surface area (Å²) in [5.74, 6) is 0.745. The average molecular weight is 687 g/mol. The second-order valence-electron chi connectivity index (χ2n) is 14.0. The van der Waals surface area contributed by atoms with Gasteiger partial charge in [0.1, 0.15) is 0 Å². The van der Waals surface area contributed by atoms with E-state index >= 15 is 0 Å². The monoisotopic (exact) mass is 686 g/mol. The lowest BCUT2D eigenvalue weighted by Crippen LogP contribution is -2.07. The maximum Gasteiger partial charge on any atom is 0.338 e. The zero-order valence-corrected chi connectivity index (χ0v) is 29.6. The Morgan fingerprint density at radius 1 is 0.635 bits per heavy atom. The molecule has 0 amide bonds. The van der Waals surface area contributed by atoms with Gasteiger partial charge in [0, 0.05) is 29.0 Å². The third-order valence-corrected chi connectivity index (χ3v) is 10.4. The molecule has 9 rings (SSSR count). The quantitative estimate of drug-likeness (QED) is 0.153. The first-order chi connectivity index (χ1) is 25.5. The van der Waals surface area contributed by atoms with Crippen LogP contribution in [0.5, 0.6) is 0 Å². The highest BCUT2D eigenvalue weighted by Crippen LogP contribution is 2.41. The molecule has 2 saturated carbocycles. The van der Waals surface area contributed by atoms with Crippen molar-refractivity contribution in [2.45, 2.75) is 50.4 Å². The minimum Gasteiger partial charge on any atom is -0.465 e. The predicted octanol–water partition coefficient (Wildman–Crippen LogP) is 10.3. The van der Waals surface area contributed by atoms with E-state index in [2.05, 4.69) is 113 Å². The number of methoxy groups -OCH3 is 2. The third kappa shape index (κ3) is 7.15. The highest BCUT2D eigenvalue weighted by molar-refractivity contribution is 5.92. The summed E-state index contributed by atoms with van der Waals surface area (Å²) in [6, 6.07) is 40.0. The molecule has 6 heteroatoms. The van der Waals surface area contributed by atoms with Gasteiger partial charge in [-0.15, -0.1) is 0 Å². The number of fused-ring (bicyclic) bond motifs is 2. The molecule has 2 aliphatic carbocycles. The van der Waals surface area contributed by atoms with Gasteiger partial charge in [-0.3, -0.25) is 0 Å². The molecule has 1 N–H and O–H groups in total. The Kier molecular flexibility index (Phi) is 9.21. The highest BCUT2D eigenvalue weighted by atomic mass is 16.5. The molecule has 6 nitrogen and oxygen atoms in total. The van der Waals surface area contributed by atoms with Crippen molar-refractivity contribution in [3.8, 4) is 5.69 Å². The Bertz CT molecular complexity index is 2390. The van der Waals surface area contributed by atoms with Crippen molar-refractivity contribution in [1.82, 2.24) is 9.55 Å². The number of carbonyl (C=O) groups is 2. The number of hydrogen-bond acceptors (Lipinski definition) is 4. The van der Waals surface area contributed by atoms with E-state index in [0.717, 1.165) is 28.8 Å². The topological polar surface area (TPSA) is 73.3 Å². The number of hydrogen-bond donors (Lipinski definition) is 1. The van der Waals surface area contributed by atoms with Crippen molar-refractivity contribution in [3.05, 3.63) is 172 Å². The number of carbonyl (C=O) groups excluding carboxylic acids is 2. The first-order valence-electron chi connectivity index (χ1n) is 18.1. The molecule has 0 radical (unpaired) electrons.